The SMILES string of the molecule is COc1ccc(C2ON=C3C2C(C)=NN3S(=O)(=O)c2ccc(O)c3ncccc23)cc1. The van der Waals surface area contributed by atoms with Crippen LogP contribution >= 0.6 is 0 Å². The van der Waals surface area contributed by atoms with Gasteiger partial charge in [-0.15, -0.1) is 4.41 Å². The van der Waals surface area contributed by atoms with Crippen LogP contribution in [0.3, 0.4) is 0 Å². The van der Waals surface area contributed by atoms with Gasteiger partial charge in [0.05, 0.1) is 17.7 Å². The Balaban J connectivity index is 1.54. The number of ether oxygens (including phenoxy) is 1. The van der Waals surface area contributed by atoms with Gasteiger partial charge in [0.1, 0.15) is 22.9 Å². The van der Waals surface area contributed by atoms with E-state index in [0.717, 1.165) is 9.98 Å². The summed E-state index contributed by atoms with van der Waals surface area (Å²) in [4.78, 5) is 9.69. The highest BCUT2D eigenvalue weighted by atomic mass is 32.2. The van der Waals surface area contributed by atoms with Crippen LogP contribution in [0.2, 0.25) is 0 Å². The fraction of sp³-hybridized carbons (Fsp3) is 0.190. The Morgan fingerprint density at radius 2 is 1.90 bits per heavy atom. The lowest BCUT2D eigenvalue weighted by Gasteiger charge is -2.17. The van der Waals surface area contributed by atoms with Crippen molar-refractivity contribution in [3.8, 4) is 11.5 Å². The highest BCUT2D eigenvalue weighted by Crippen LogP contribution is 2.41. The number of nitrogens with zero attached hydrogens (tertiary/aromatic N) is 4. The minimum Gasteiger partial charge on any atom is -0.506 e. The molecule has 1 aromatic heterocycles. The van der Waals surface area contributed by atoms with Gasteiger partial charge in [-0.1, -0.05) is 17.3 Å². The Labute approximate surface area is 178 Å². The third-order valence-corrected chi connectivity index (χ3v) is 7.03. The summed E-state index contributed by atoms with van der Waals surface area (Å²) in [5, 5.41) is 18.7. The number of sulfonamides is 1. The number of pyridine rings is 1. The smallest absolute Gasteiger partial charge is 0.285 e. The van der Waals surface area contributed by atoms with Crippen molar-refractivity contribution in [2.24, 2.45) is 16.2 Å². The second-order valence-electron chi connectivity index (χ2n) is 7.20. The van der Waals surface area contributed by atoms with Crippen molar-refractivity contribution < 1.29 is 23.1 Å². The quantitative estimate of drug-likeness (QED) is 0.670. The number of phenolic OH excluding ortho intramolecular Hbond substituents is 1. The summed E-state index contributed by atoms with van der Waals surface area (Å²) in [6, 6.07) is 13.2. The maximum absolute atomic E-state index is 13.5. The highest BCUT2D eigenvalue weighted by molar-refractivity contribution is 7.90. The molecule has 2 aromatic carbocycles. The zero-order valence-corrected chi connectivity index (χ0v) is 17.4. The van der Waals surface area contributed by atoms with Gasteiger partial charge in [0.15, 0.2) is 11.9 Å². The van der Waals surface area contributed by atoms with Crippen LogP contribution in [0.5, 0.6) is 11.5 Å². The summed E-state index contributed by atoms with van der Waals surface area (Å²) < 4.78 is 33.2. The molecule has 5 rings (SSSR count). The molecular formula is C21H18N4O5S. The van der Waals surface area contributed by atoms with Crippen LogP contribution in [0.4, 0.5) is 0 Å². The fourth-order valence-corrected chi connectivity index (χ4v) is 5.35. The first-order valence-corrected chi connectivity index (χ1v) is 10.9. The predicted octanol–water partition coefficient (Wildman–Crippen LogP) is 3.03. The minimum absolute atomic E-state index is 0.0267. The van der Waals surface area contributed by atoms with Gasteiger partial charge in [0.25, 0.3) is 10.0 Å². The topological polar surface area (TPSA) is 114 Å². The second-order valence-corrected chi connectivity index (χ2v) is 8.93. The molecule has 2 unspecified atom stereocenters. The molecule has 9 nitrogen and oxygen atoms in total. The fourth-order valence-electron chi connectivity index (χ4n) is 3.85. The van der Waals surface area contributed by atoms with Crippen molar-refractivity contribution in [1.82, 2.24) is 9.40 Å². The van der Waals surface area contributed by atoms with E-state index in [1.54, 1.807) is 26.2 Å². The summed E-state index contributed by atoms with van der Waals surface area (Å²) in [5.74, 6) is 0.361. The molecule has 0 aliphatic carbocycles. The van der Waals surface area contributed by atoms with Crippen molar-refractivity contribution in [1.29, 1.82) is 0 Å². The van der Waals surface area contributed by atoms with Gasteiger partial charge < -0.3 is 14.7 Å². The number of fused-ring (bicyclic) bond motifs is 2. The van der Waals surface area contributed by atoms with Crippen LogP contribution in [0, 0.1) is 5.92 Å². The van der Waals surface area contributed by atoms with E-state index in [0.29, 0.717) is 16.8 Å². The van der Waals surface area contributed by atoms with Crippen molar-refractivity contribution >= 4 is 32.5 Å². The molecule has 0 fully saturated rings. The molecule has 0 saturated carbocycles. The molecule has 158 valence electrons. The first-order valence-electron chi connectivity index (χ1n) is 9.46. The number of phenols is 1. The largest absolute Gasteiger partial charge is 0.506 e. The van der Waals surface area contributed by atoms with E-state index in [1.807, 2.05) is 24.3 Å². The molecule has 1 N–H and O–H groups in total. The number of rotatable bonds is 4. The summed E-state index contributed by atoms with van der Waals surface area (Å²) in [6.45, 7) is 1.75. The molecule has 0 saturated heterocycles. The lowest BCUT2D eigenvalue weighted by atomic mass is 9.92. The maximum Gasteiger partial charge on any atom is 0.285 e. The first kappa shape index (κ1) is 19.3. The van der Waals surface area contributed by atoms with Crippen LogP contribution in [-0.4, -0.2) is 41.6 Å². The van der Waals surface area contributed by atoms with Crippen LogP contribution in [-0.2, 0) is 14.9 Å². The van der Waals surface area contributed by atoms with E-state index >= 15 is 0 Å². The number of hydrazone groups is 1. The first-order chi connectivity index (χ1) is 14.9. The third-order valence-electron chi connectivity index (χ3n) is 5.39. The van der Waals surface area contributed by atoms with E-state index in [4.69, 9.17) is 9.57 Å². The van der Waals surface area contributed by atoms with E-state index in [1.165, 1.54) is 18.3 Å². The van der Waals surface area contributed by atoms with Crippen molar-refractivity contribution in [3.05, 3.63) is 60.3 Å². The monoisotopic (exact) mass is 438 g/mol. The molecule has 0 radical (unpaired) electrons. The summed E-state index contributed by atoms with van der Waals surface area (Å²) in [5.41, 5.74) is 1.60. The zero-order chi connectivity index (χ0) is 21.8. The van der Waals surface area contributed by atoms with Crippen LogP contribution in [0.1, 0.15) is 18.6 Å². The summed E-state index contributed by atoms with van der Waals surface area (Å²) in [7, 11) is -2.54. The molecule has 3 aromatic rings. The average molecular weight is 438 g/mol. The Morgan fingerprint density at radius 1 is 1.13 bits per heavy atom. The minimum atomic E-state index is -4.12. The number of benzene rings is 2. The van der Waals surface area contributed by atoms with Gasteiger partial charge in [-0.3, -0.25) is 4.98 Å². The normalized spacial score (nSPS) is 20.3. The maximum atomic E-state index is 13.5. The van der Waals surface area contributed by atoms with Crippen LogP contribution in [0.15, 0.2) is 69.9 Å². The predicted molar refractivity (Wildman–Crippen MR) is 113 cm³/mol. The second kappa shape index (κ2) is 6.95. The van der Waals surface area contributed by atoms with E-state index in [2.05, 4.69) is 15.2 Å². The number of methoxy groups -OCH3 is 1. The number of aromatic nitrogens is 1. The molecule has 2 aliphatic heterocycles. The van der Waals surface area contributed by atoms with Crippen molar-refractivity contribution in [2.45, 2.75) is 17.9 Å². The molecule has 2 atom stereocenters. The Morgan fingerprint density at radius 3 is 2.65 bits per heavy atom. The van der Waals surface area contributed by atoms with E-state index in [-0.39, 0.29) is 22.0 Å². The number of oxime groups is 1. The van der Waals surface area contributed by atoms with Gasteiger partial charge >= 0.3 is 0 Å². The number of aromatic hydroxyl groups is 1. The number of hydrogen-bond acceptors (Lipinski definition) is 8. The third kappa shape index (κ3) is 2.90. The highest BCUT2D eigenvalue weighted by Gasteiger charge is 2.49. The molecule has 10 heteroatoms. The zero-order valence-electron chi connectivity index (χ0n) is 16.6. The Hall–Kier alpha value is -3.66. The molecule has 3 heterocycles. The average Bonchev–Trinajstić information content (AvgIpc) is 3.36. The molecule has 2 aliphatic rings. The van der Waals surface area contributed by atoms with Crippen LogP contribution < -0.4 is 4.74 Å². The number of hydrogen-bond donors (Lipinski definition) is 1. The Kier molecular flexibility index (Phi) is 4.33. The van der Waals surface area contributed by atoms with Gasteiger partial charge in [-0.05, 0) is 48.9 Å². The van der Waals surface area contributed by atoms with Gasteiger partial charge in [0.2, 0.25) is 0 Å². The molecule has 0 spiro atoms. The number of amidine groups is 1. The van der Waals surface area contributed by atoms with Gasteiger partial charge in [-0.25, -0.2) is 0 Å². The van der Waals surface area contributed by atoms with E-state index < -0.39 is 22.0 Å². The Bertz CT molecular complexity index is 1350. The molecule has 0 bridgehead atoms. The summed E-state index contributed by atoms with van der Waals surface area (Å²) in [6.07, 6.45) is 0.990. The van der Waals surface area contributed by atoms with Crippen LogP contribution in [0.25, 0.3) is 10.9 Å². The van der Waals surface area contributed by atoms with Crippen molar-refractivity contribution in [2.75, 3.05) is 7.11 Å². The van der Waals surface area contributed by atoms with Gasteiger partial charge in [0, 0.05) is 11.6 Å². The summed E-state index contributed by atoms with van der Waals surface area (Å²) >= 11 is 0. The standard InChI is InChI=1S/C21H18N4O5S/c1-12-18-20(13-5-7-14(29-2)8-6-13)30-24-21(18)25(23-12)31(27,28)17-10-9-16(26)19-15(17)4-3-11-22-19/h3-11,18,20,26H,1-2H3. The molecular weight excluding hydrogens is 420 g/mol. The van der Waals surface area contributed by atoms with E-state index in [9.17, 15) is 13.5 Å². The van der Waals surface area contributed by atoms with Crippen molar-refractivity contribution in [3.63, 3.8) is 0 Å². The lowest BCUT2D eigenvalue weighted by Crippen LogP contribution is -2.32. The van der Waals surface area contributed by atoms with Gasteiger partial charge in [-0.2, -0.15) is 13.5 Å². The molecule has 0 amide bonds. The lowest BCUT2D eigenvalue weighted by molar-refractivity contribution is 0.0738. The molecule has 31 heavy (non-hydrogen) atoms.